The van der Waals surface area contributed by atoms with Crippen LogP contribution in [0.15, 0.2) is 12.1 Å². The van der Waals surface area contributed by atoms with Crippen molar-refractivity contribution in [1.29, 1.82) is 0 Å². The maximum Gasteiger partial charge on any atom is 0.163 e. The Labute approximate surface area is 105 Å². The lowest BCUT2D eigenvalue weighted by atomic mass is 10.0. The average Bonchev–Trinajstić information content (AvgIpc) is 2.37. The minimum atomic E-state index is -1.11. The summed E-state index contributed by atoms with van der Waals surface area (Å²) >= 11 is 0. The van der Waals surface area contributed by atoms with Crippen molar-refractivity contribution in [1.82, 2.24) is 10.2 Å². The van der Waals surface area contributed by atoms with Crippen LogP contribution in [-0.2, 0) is 0 Å². The first-order valence-corrected chi connectivity index (χ1v) is 6.22. The van der Waals surface area contributed by atoms with Crippen LogP contribution in [0.4, 0.5) is 13.2 Å². The first kappa shape index (κ1) is 13.4. The Morgan fingerprint density at radius 2 is 1.89 bits per heavy atom. The van der Waals surface area contributed by atoms with Crippen molar-refractivity contribution in [3.05, 3.63) is 35.1 Å². The summed E-state index contributed by atoms with van der Waals surface area (Å²) in [5, 5.41) is 3.20. The van der Waals surface area contributed by atoms with E-state index in [0.717, 1.165) is 32.2 Å². The SMILES string of the molecule is CC[C@H](c1cc(F)cc(F)c1F)N1CCNCC1. The van der Waals surface area contributed by atoms with Crippen LogP contribution < -0.4 is 5.32 Å². The molecule has 1 saturated heterocycles. The van der Waals surface area contributed by atoms with Crippen molar-refractivity contribution in [2.45, 2.75) is 19.4 Å². The lowest BCUT2D eigenvalue weighted by Crippen LogP contribution is -2.45. The number of halogens is 3. The molecule has 0 aromatic heterocycles. The van der Waals surface area contributed by atoms with Crippen molar-refractivity contribution in [3.8, 4) is 0 Å². The fourth-order valence-electron chi connectivity index (χ4n) is 2.49. The minimum absolute atomic E-state index is 0.122. The number of rotatable bonds is 3. The molecule has 2 nitrogen and oxygen atoms in total. The van der Waals surface area contributed by atoms with Crippen molar-refractivity contribution in [3.63, 3.8) is 0 Å². The first-order valence-electron chi connectivity index (χ1n) is 6.22. The van der Waals surface area contributed by atoms with Gasteiger partial charge in [-0.15, -0.1) is 0 Å². The summed E-state index contributed by atoms with van der Waals surface area (Å²) in [6.07, 6.45) is 0.625. The van der Waals surface area contributed by atoms with Gasteiger partial charge in [-0.25, -0.2) is 13.2 Å². The lowest BCUT2D eigenvalue weighted by molar-refractivity contribution is 0.165. The molecule has 1 aromatic rings. The van der Waals surface area contributed by atoms with Crippen molar-refractivity contribution in [2.75, 3.05) is 26.2 Å². The lowest BCUT2D eigenvalue weighted by Gasteiger charge is -2.34. The van der Waals surface area contributed by atoms with Crippen LogP contribution in [0.25, 0.3) is 0 Å². The smallest absolute Gasteiger partial charge is 0.163 e. The normalized spacial score (nSPS) is 18.9. The van der Waals surface area contributed by atoms with Crippen LogP contribution in [0.5, 0.6) is 0 Å². The molecule has 0 bridgehead atoms. The molecule has 1 aromatic carbocycles. The monoisotopic (exact) mass is 258 g/mol. The molecule has 1 heterocycles. The predicted octanol–water partition coefficient (Wildman–Crippen LogP) is 2.46. The molecule has 0 radical (unpaired) electrons. The van der Waals surface area contributed by atoms with Gasteiger partial charge in [0.2, 0.25) is 0 Å². The zero-order valence-corrected chi connectivity index (χ0v) is 10.3. The van der Waals surface area contributed by atoms with Gasteiger partial charge in [0.1, 0.15) is 5.82 Å². The van der Waals surface area contributed by atoms with E-state index in [1.54, 1.807) is 0 Å². The molecular formula is C13H17F3N2. The van der Waals surface area contributed by atoms with E-state index in [0.29, 0.717) is 12.5 Å². The number of piperazine rings is 1. The zero-order chi connectivity index (χ0) is 13.1. The average molecular weight is 258 g/mol. The highest BCUT2D eigenvalue weighted by atomic mass is 19.2. The predicted molar refractivity (Wildman–Crippen MR) is 63.8 cm³/mol. The standard InChI is InChI=1S/C13H17F3N2/c1-2-12(18-5-3-17-4-6-18)10-7-9(14)8-11(15)13(10)16/h7-8,12,17H,2-6H2,1H3/t12-/m1/s1. The summed E-state index contributed by atoms with van der Waals surface area (Å²) in [7, 11) is 0. The van der Waals surface area contributed by atoms with Crippen molar-refractivity contribution >= 4 is 0 Å². The molecule has 2 rings (SSSR count). The van der Waals surface area contributed by atoms with Gasteiger partial charge in [0.05, 0.1) is 0 Å². The second-order valence-electron chi connectivity index (χ2n) is 4.50. The van der Waals surface area contributed by atoms with E-state index in [1.807, 2.05) is 6.92 Å². The van der Waals surface area contributed by atoms with Crippen LogP contribution in [0.2, 0.25) is 0 Å². The third kappa shape index (κ3) is 2.67. The maximum absolute atomic E-state index is 13.8. The van der Waals surface area contributed by atoms with Gasteiger partial charge in [-0.2, -0.15) is 0 Å². The Morgan fingerprint density at radius 3 is 2.50 bits per heavy atom. The van der Waals surface area contributed by atoms with E-state index in [1.165, 1.54) is 0 Å². The van der Waals surface area contributed by atoms with Crippen molar-refractivity contribution in [2.24, 2.45) is 0 Å². The van der Waals surface area contributed by atoms with E-state index in [9.17, 15) is 13.2 Å². The summed E-state index contributed by atoms with van der Waals surface area (Å²) in [6, 6.07) is 1.43. The van der Waals surface area contributed by atoms with E-state index in [-0.39, 0.29) is 11.6 Å². The second-order valence-corrected chi connectivity index (χ2v) is 4.50. The van der Waals surface area contributed by atoms with Gasteiger partial charge in [0.25, 0.3) is 0 Å². The molecule has 0 aliphatic carbocycles. The number of nitrogens with one attached hydrogen (secondary N) is 1. The van der Waals surface area contributed by atoms with Gasteiger partial charge < -0.3 is 5.32 Å². The largest absolute Gasteiger partial charge is 0.314 e. The molecule has 1 aliphatic rings. The van der Waals surface area contributed by atoms with Gasteiger partial charge in [0, 0.05) is 43.9 Å². The fourth-order valence-corrected chi connectivity index (χ4v) is 2.49. The van der Waals surface area contributed by atoms with E-state index < -0.39 is 17.5 Å². The quantitative estimate of drug-likeness (QED) is 0.838. The van der Waals surface area contributed by atoms with Gasteiger partial charge >= 0.3 is 0 Å². The van der Waals surface area contributed by atoms with Gasteiger partial charge in [-0.3, -0.25) is 4.90 Å². The highest BCUT2D eigenvalue weighted by Gasteiger charge is 2.25. The zero-order valence-electron chi connectivity index (χ0n) is 10.3. The molecule has 1 fully saturated rings. The van der Waals surface area contributed by atoms with Crippen LogP contribution >= 0.6 is 0 Å². The highest BCUT2D eigenvalue weighted by Crippen LogP contribution is 2.28. The van der Waals surface area contributed by atoms with Gasteiger partial charge in [0.15, 0.2) is 11.6 Å². The molecule has 1 N–H and O–H groups in total. The maximum atomic E-state index is 13.8. The van der Waals surface area contributed by atoms with Crippen LogP contribution in [0, 0.1) is 17.5 Å². The summed E-state index contributed by atoms with van der Waals surface area (Å²) < 4.78 is 40.3. The molecule has 0 unspecified atom stereocenters. The van der Waals surface area contributed by atoms with Crippen LogP contribution in [0.3, 0.4) is 0 Å². The molecule has 1 aliphatic heterocycles. The van der Waals surface area contributed by atoms with E-state index in [2.05, 4.69) is 10.2 Å². The molecule has 5 heteroatoms. The summed E-state index contributed by atoms with van der Waals surface area (Å²) in [6.45, 7) is 5.05. The highest BCUT2D eigenvalue weighted by molar-refractivity contribution is 5.24. The summed E-state index contributed by atoms with van der Waals surface area (Å²) in [5.74, 6) is -2.77. The Bertz CT molecular complexity index is 417. The fraction of sp³-hybridized carbons (Fsp3) is 0.538. The Morgan fingerprint density at radius 1 is 1.22 bits per heavy atom. The summed E-state index contributed by atoms with van der Waals surface area (Å²) in [5.41, 5.74) is 0.122. The number of nitrogens with zero attached hydrogens (tertiary/aromatic N) is 1. The molecule has 0 saturated carbocycles. The van der Waals surface area contributed by atoms with Gasteiger partial charge in [-0.1, -0.05) is 6.92 Å². The molecule has 1 atom stereocenters. The summed E-state index contributed by atoms with van der Waals surface area (Å²) in [4.78, 5) is 2.06. The first-order chi connectivity index (χ1) is 8.63. The molecule has 100 valence electrons. The third-order valence-corrected chi connectivity index (χ3v) is 3.36. The van der Waals surface area contributed by atoms with Crippen LogP contribution in [-0.4, -0.2) is 31.1 Å². The van der Waals surface area contributed by atoms with E-state index in [4.69, 9.17) is 0 Å². The molecule has 0 spiro atoms. The molecule has 0 amide bonds. The van der Waals surface area contributed by atoms with Crippen molar-refractivity contribution < 1.29 is 13.2 Å². The molecular weight excluding hydrogens is 241 g/mol. The number of hydrogen-bond donors (Lipinski definition) is 1. The Balaban J connectivity index is 2.31. The van der Waals surface area contributed by atoms with E-state index >= 15 is 0 Å². The Kier molecular flexibility index (Phi) is 4.24. The Hall–Kier alpha value is -1.07. The van der Waals surface area contributed by atoms with Gasteiger partial charge in [-0.05, 0) is 12.5 Å². The topological polar surface area (TPSA) is 15.3 Å². The number of hydrogen-bond acceptors (Lipinski definition) is 2. The minimum Gasteiger partial charge on any atom is -0.314 e. The second kappa shape index (κ2) is 5.71. The third-order valence-electron chi connectivity index (χ3n) is 3.36. The molecule has 18 heavy (non-hydrogen) atoms. The van der Waals surface area contributed by atoms with Crippen LogP contribution in [0.1, 0.15) is 24.9 Å². The number of benzene rings is 1.